The second-order valence-corrected chi connectivity index (χ2v) is 5.19. The molecule has 18 heavy (non-hydrogen) atoms. The molecule has 0 saturated heterocycles. The summed E-state index contributed by atoms with van der Waals surface area (Å²) in [5, 5.41) is 0. The first kappa shape index (κ1) is 12.9. The van der Waals surface area contributed by atoms with E-state index in [1.54, 1.807) is 12.1 Å². The SMILES string of the molecule is Cc1ccc(N)c(C(=O)OCC2CCCCC2)c1. The van der Waals surface area contributed by atoms with Crippen LogP contribution in [0.25, 0.3) is 0 Å². The van der Waals surface area contributed by atoms with Gasteiger partial charge in [0.05, 0.1) is 12.2 Å². The normalized spacial score (nSPS) is 16.5. The van der Waals surface area contributed by atoms with E-state index in [1.165, 1.54) is 32.1 Å². The third-order valence-electron chi connectivity index (χ3n) is 3.60. The summed E-state index contributed by atoms with van der Waals surface area (Å²) >= 11 is 0. The van der Waals surface area contributed by atoms with E-state index < -0.39 is 0 Å². The second kappa shape index (κ2) is 5.89. The lowest BCUT2D eigenvalue weighted by Gasteiger charge is -2.21. The molecule has 0 spiro atoms. The third kappa shape index (κ3) is 3.25. The molecule has 1 aromatic carbocycles. The summed E-state index contributed by atoms with van der Waals surface area (Å²) in [4.78, 5) is 12.0. The first-order valence-electron chi connectivity index (χ1n) is 6.70. The minimum absolute atomic E-state index is 0.290. The monoisotopic (exact) mass is 247 g/mol. The van der Waals surface area contributed by atoms with Gasteiger partial charge in [-0.1, -0.05) is 30.9 Å². The average molecular weight is 247 g/mol. The lowest BCUT2D eigenvalue weighted by molar-refractivity contribution is 0.0411. The fraction of sp³-hybridized carbons (Fsp3) is 0.533. The standard InChI is InChI=1S/C15H21NO2/c1-11-7-8-14(16)13(9-11)15(17)18-10-12-5-3-2-4-6-12/h7-9,12H,2-6,10,16H2,1H3. The first-order valence-corrected chi connectivity index (χ1v) is 6.70. The highest BCUT2D eigenvalue weighted by molar-refractivity contribution is 5.95. The number of esters is 1. The summed E-state index contributed by atoms with van der Waals surface area (Å²) < 4.78 is 5.38. The maximum atomic E-state index is 12.0. The van der Waals surface area contributed by atoms with Crippen LogP contribution in [0.15, 0.2) is 18.2 Å². The minimum Gasteiger partial charge on any atom is -0.462 e. The van der Waals surface area contributed by atoms with Crippen LogP contribution in [-0.4, -0.2) is 12.6 Å². The summed E-state index contributed by atoms with van der Waals surface area (Å²) in [6, 6.07) is 5.44. The van der Waals surface area contributed by atoms with Gasteiger partial charge in [-0.2, -0.15) is 0 Å². The molecule has 0 radical (unpaired) electrons. The molecule has 0 aliphatic heterocycles. The highest BCUT2D eigenvalue weighted by Gasteiger charge is 2.17. The third-order valence-corrected chi connectivity index (χ3v) is 3.60. The Morgan fingerprint density at radius 2 is 2.06 bits per heavy atom. The highest BCUT2D eigenvalue weighted by atomic mass is 16.5. The van der Waals surface area contributed by atoms with E-state index in [0.717, 1.165) is 5.56 Å². The lowest BCUT2D eigenvalue weighted by Crippen LogP contribution is -2.17. The molecule has 0 heterocycles. The number of nitrogens with two attached hydrogens (primary N) is 1. The Hall–Kier alpha value is -1.51. The number of nitrogen functional groups attached to an aromatic ring is 1. The number of carbonyl (C=O) groups is 1. The molecule has 0 aromatic heterocycles. The number of ether oxygens (including phenoxy) is 1. The van der Waals surface area contributed by atoms with Crippen molar-refractivity contribution in [1.82, 2.24) is 0 Å². The molecular weight excluding hydrogens is 226 g/mol. The second-order valence-electron chi connectivity index (χ2n) is 5.19. The zero-order chi connectivity index (χ0) is 13.0. The van der Waals surface area contributed by atoms with Crippen molar-refractivity contribution in [1.29, 1.82) is 0 Å². The van der Waals surface area contributed by atoms with Crippen LogP contribution in [0.4, 0.5) is 5.69 Å². The summed E-state index contributed by atoms with van der Waals surface area (Å²) in [5.41, 5.74) is 7.81. The molecule has 0 atom stereocenters. The van der Waals surface area contributed by atoms with Crippen molar-refractivity contribution in [3.63, 3.8) is 0 Å². The smallest absolute Gasteiger partial charge is 0.340 e. The molecular formula is C15H21NO2. The maximum absolute atomic E-state index is 12.0. The fourth-order valence-corrected chi connectivity index (χ4v) is 2.47. The van der Waals surface area contributed by atoms with Crippen LogP contribution >= 0.6 is 0 Å². The largest absolute Gasteiger partial charge is 0.462 e. The van der Waals surface area contributed by atoms with E-state index in [-0.39, 0.29) is 5.97 Å². The predicted octanol–water partition coefficient (Wildman–Crippen LogP) is 3.31. The van der Waals surface area contributed by atoms with Crippen LogP contribution in [-0.2, 0) is 4.74 Å². The Morgan fingerprint density at radius 3 is 2.78 bits per heavy atom. The van der Waals surface area contributed by atoms with E-state index in [0.29, 0.717) is 23.8 Å². The number of hydrogen-bond acceptors (Lipinski definition) is 3. The number of rotatable bonds is 3. The Morgan fingerprint density at radius 1 is 1.33 bits per heavy atom. The summed E-state index contributed by atoms with van der Waals surface area (Å²) in [6.45, 7) is 2.48. The van der Waals surface area contributed by atoms with Crippen LogP contribution in [0.5, 0.6) is 0 Å². The minimum atomic E-state index is -0.290. The number of aryl methyl sites for hydroxylation is 1. The van der Waals surface area contributed by atoms with Gasteiger partial charge < -0.3 is 10.5 Å². The van der Waals surface area contributed by atoms with Crippen LogP contribution in [0, 0.1) is 12.8 Å². The topological polar surface area (TPSA) is 52.3 Å². The van der Waals surface area contributed by atoms with Gasteiger partial charge in [-0.05, 0) is 37.8 Å². The Kier molecular flexibility index (Phi) is 4.24. The molecule has 1 aliphatic rings. The zero-order valence-corrected chi connectivity index (χ0v) is 10.9. The van der Waals surface area contributed by atoms with Crippen molar-refractivity contribution < 1.29 is 9.53 Å². The summed E-state index contributed by atoms with van der Waals surface area (Å²) in [6.07, 6.45) is 6.19. The number of hydrogen-bond donors (Lipinski definition) is 1. The van der Waals surface area contributed by atoms with Crippen molar-refractivity contribution in [2.75, 3.05) is 12.3 Å². The number of benzene rings is 1. The number of anilines is 1. The highest BCUT2D eigenvalue weighted by Crippen LogP contribution is 2.24. The van der Waals surface area contributed by atoms with Gasteiger partial charge in [0.1, 0.15) is 0 Å². The molecule has 1 aliphatic carbocycles. The van der Waals surface area contributed by atoms with Crippen molar-refractivity contribution in [2.45, 2.75) is 39.0 Å². The fourth-order valence-electron chi connectivity index (χ4n) is 2.47. The van der Waals surface area contributed by atoms with E-state index >= 15 is 0 Å². The van der Waals surface area contributed by atoms with Crippen molar-refractivity contribution in [3.05, 3.63) is 29.3 Å². The van der Waals surface area contributed by atoms with E-state index in [9.17, 15) is 4.79 Å². The molecule has 2 N–H and O–H groups in total. The van der Waals surface area contributed by atoms with E-state index in [1.807, 2.05) is 13.0 Å². The van der Waals surface area contributed by atoms with Gasteiger partial charge in [-0.3, -0.25) is 0 Å². The van der Waals surface area contributed by atoms with Crippen molar-refractivity contribution in [2.24, 2.45) is 5.92 Å². The predicted molar refractivity (Wildman–Crippen MR) is 72.4 cm³/mol. The number of carbonyl (C=O) groups excluding carboxylic acids is 1. The summed E-state index contributed by atoms with van der Waals surface area (Å²) in [5.74, 6) is 0.246. The van der Waals surface area contributed by atoms with Crippen molar-refractivity contribution >= 4 is 11.7 Å². The Bertz CT molecular complexity index is 423. The zero-order valence-electron chi connectivity index (χ0n) is 10.9. The van der Waals surface area contributed by atoms with Gasteiger partial charge in [-0.25, -0.2) is 4.79 Å². The van der Waals surface area contributed by atoms with E-state index in [2.05, 4.69) is 0 Å². The molecule has 3 heteroatoms. The first-order chi connectivity index (χ1) is 8.66. The quantitative estimate of drug-likeness (QED) is 0.658. The van der Waals surface area contributed by atoms with Gasteiger partial charge in [0.15, 0.2) is 0 Å². The molecule has 0 bridgehead atoms. The van der Waals surface area contributed by atoms with Crippen LogP contribution in [0.2, 0.25) is 0 Å². The summed E-state index contributed by atoms with van der Waals surface area (Å²) in [7, 11) is 0. The van der Waals surface area contributed by atoms with Gasteiger partial charge in [0.2, 0.25) is 0 Å². The van der Waals surface area contributed by atoms with Crippen LogP contribution in [0.3, 0.4) is 0 Å². The molecule has 3 nitrogen and oxygen atoms in total. The van der Waals surface area contributed by atoms with Crippen LogP contribution < -0.4 is 5.73 Å². The van der Waals surface area contributed by atoms with Gasteiger partial charge in [0, 0.05) is 5.69 Å². The Labute approximate surface area is 108 Å². The van der Waals surface area contributed by atoms with Crippen LogP contribution in [0.1, 0.15) is 48.0 Å². The lowest BCUT2D eigenvalue weighted by atomic mass is 9.90. The molecule has 0 amide bonds. The molecule has 1 saturated carbocycles. The van der Waals surface area contributed by atoms with Gasteiger partial charge >= 0.3 is 5.97 Å². The van der Waals surface area contributed by atoms with Crippen molar-refractivity contribution in [3.8, 4) is 0 Å². The molecule has 1 fully saturated rings. The molecule has 98 valence electrons. The molecule has 0 unspecified atom stereocenters. The maximum Gasteiger partial charge on any atom is 0.340 e. The van der Waals surface area contributed by atoms with Gasteiger partial charge in [-0.15, -0.1) is 0 Å². The van der Waals surface area contributed by atoms with Gasteiger partial charge in [0.25, 0.3) is 0 Å². The average Bonchev–Trinajstić information content (AvgIpc) is 2.40. The van der Waals surface area contributed by atoms with E-state index in [4.69, 9.17) is 10.5 Å². The molecule has 2 rings (SSSR count). The Balaban J connectivity index is 1.92. The molecule has 1 aromatic rings.